The minimum atomic E-state index is -0.777. The lowest BCUT2D eigenvalue weighted by molar-refractivity contribution is 0.253. The smallest absolute Gasteiger partial charge is 0.360 e. The number of primary amides is 1. The molecule has 0 aliphatic heterocycles. The van der Waals surface area contributed by atoms with Crippen LogP contribution >= 0.6 is 11.6 Å². The molecule has 2 aromatic heterocycles. The van der Waals surface area contributed by atoms with Crippen molar-refractivity contribution < 1.29 is 9.21 Å². The number of hydrogen-bond acceptors (Lipinski definition) is 4. The van der Waals surface area contributed by atoms with Gasteiger partial charge in [-0.2, -0.15) is 0 Å². The van der Waals surface area contributed by atoms with Crippen LogP contribution in [0.2, 0.25) is 5.02 Å². The van der Waals surface area contributed by atoms with Gasteiger partial charge >= 0.3 is 11.7 Å². The van der Waals surface area contributed by atoms with Gasteiger partial charge in [0.1, 0.15) is 11.4 Å². The van der Waals surface area contributed by atoms with Crippen LogP contribution in [0.3, 0.4) is 0 Å². The van der Waals surface area contributed by atoms with Crippen LogP contribution in [0, 0.1) is 0 Å². The number of nitrogens with two attached hydrogens (primary N) is 1. The third-order valence-corrected chi connectivity index (χ3v) is 3.96. The predicted molar refractivity (Wildman–Crippen MR) is 95.4 cm³/mol. The van der Waals surface area contributed by atoms with E-state index in [2.05, 4.69) is 4.98 Å². The van der Waals surface area contributed by atoms with Gasteiger partial charge in [0, 0.05) is 23.0 Å². The number of carbonyl (C=O) groups excluding carboxylic acids is 1. The predicted octanol–water partition coefficient (Wildman–Crippen LogP) is 3.44. The van der Waals surface area contributed by atoms with Crippen LogP contribution in [0.4, 0.5) is 10.5 Å². The molecule has 3 rings (SSSR count). The molecule has 2 amide bonds. The normalized spacial score (nSPS) is 10.4. The lowest BCUT2D eigenvalue weighted by Gasteiger charge is -2.20. The summed E-state index contributed by atoms with van der Waals surface area (Å²) in [5, 5.41) is 0.477. The fourth-order valence-electron chi connectivity index (χ4n) is 2.35. The SMILES string of the molecule is NC(=O)N(Cc1ccccc1Cl)c1ccc(-c2cccnc2)oc1=O. The summed E-state index contributed by atoms with van der Waals surface area (Å²) in [5.41, 5.74) is 6.13. The molecule has 1 aromatic carbocycles. The van der Waals surface area contributed by atoms with Gasteiger partial charge in [0.25, 0.3) is 0 Å². The number of aromatic nitrogens is 1. The van der Waals surface area contributed by atoms with Crippen LogP contribution in [0.5, 0.6) is 0 Å². The topological polar surface area (TPSA) is 89.4 Å². The van der Waals surface area contributed by atoms with Crippen LogP contribution in [-0.2, 0) is 6.54 Å². The maximum absolute atomic E-state index is 12.4. The highest BCUT2D eigenvalue weighted by Crippen LogP contribution is 2.22. The van der Waals surface area contributed by atoms with Crippen molar-refractivity contribution in [3.8, 4) is 11.3 Å². The van der Waals surface area contributed by atoms with Crippen molar-refractivity contribution in [1.82, 2.24) is 4.98 Å². The number of halogens is 1. The second-order valence-electron chi connectivity index (χ2n) is 5.23. The van der Waals surface area contributed by atoms with Gasteiger partial charge in [-0.05, 0) is 35.9 Å². The van der Waals surface area contributed by atoms with Gasteiger partial charge in [0.2, 0.25) is 0 Å². The first kappa shape index (κ1) is 16.7. The first-order valence-electron chi connectivity index (χ1n) is 7.41. The van der Waals surface area contributed by atoms with E-state index >= 15 is 0 Å². The summed E-state index contributed by atoms with van der Waals surface area (Å²) in [6.45, 7) is 0.0615. The summed E-state index contributed by atoms with van der Waals surface area (Å²) in [5.74, 6) is 0.351. The zero-order valence-corrected chi connectivity index (χ0v) is 13.8. The van der Waals surface area contributed by atoms with E-state index in [1.165, 1.54) is 6.07 Å². The number of hydrogen-bond donors (Lipinski definition) is 1. The average molecular weight is 356 g/mol. The zero-order valence-electron chi connectivity index (χ0n) is 13.1. The van der Waals surface area contributed by atoms with Gasteiger partial charge in [-0.3, -0.25) is 9.88 Å². The zero-order chi connectivity index (χ0) is 17.8. The number of benzene rings is 1. The van der Waals surface area contributed by atoms with Crippen molar-refractivity contribution in [2.45, 2.75) is 6.54 Å². The summed E-state index contributed by atoms with van der Waals surface area (Å²) in [4.78, 5) is 29.3. The van der Waals surface area contributed by atoms with Gasteiger partial charge in [0.15, 0.2) is 0 Å². The monoisotopic (exact) mass is 355 g/mol. The summed E-state index contributed by atoms with van der Waals surface area (Å²) in [6.07, 6.45) is 3.20. The van der Waals surface area contributed by atoms with Crippen molar-refractivity contribution in [3.63, 3.8) is 0 Å². The number of anilines is 1. The minimum Gasteiger partial charge on any atom is -0.421 e. The molecule has 0 saturated heterocycles. The number of amides is 2. The quantitative estimate of drug-likeness (QED) is 0.776. The van der Waals surface area contributed by atoms with Crippen molar-refractivity contribution in [1.29, 1.82) is 0 Å². The molecule has 0 atom stereocenters. The lowest BCUT2D eigenvalue weighted by Crippen LogP contribution is -2.38. The van der Waals surface area contributed by atoms with E-state index in [0.29, 0.717) is 21.9 Å². The lowest BCUT2D eigenvalue weighted by atomic mass is 10.2. The first-order valence-corrected chi connectivity index (χ1v) is 7.79. The van der Waals surface area contributed by atoms with Crippen LogP contribution in [0.1, 0.15) is 5.56 Å². The number of rotatable bonds is 4. The summed E-state index contributed by atoms with van der Waals surface area (Å²) in [7, 11) is 0. The highest BCUT2D eigenvalue weighted by Gasteiger charge is 2.19. The summed E-state index contributed by atoms with van der Waals surface area (Å²) >= 11 is 6.12. The Morgan fingerprint density at radius 1 is 1.16 bits per heavy atom. The molecule has 0 bridgehead atoms. The molecular formula is C18H14ClN3O3. The molecule has 0 aliphatic carbocycles. The van der Waals surface area contributed by atoms with E-state index < -0.39 is 11.7 Å². The highest BCUT2D eigenvalue weighted by molar-refractivity contribution is 6.31. The Kier molecular flexibility index (Phi) is 4.81. The van der Waals surface area contributed by atoms with Crippen molar-refractivity contribution in [2.75, 3.05) is 4.90 Å². The molecule has 7 heteroatoms. The van der Waals surface area contributed by atoms with Crippen LogP contribution in [0.25, 0.3) is 11.3 Å². The fourth-order valence-corrected chi connectivity index (χ4v) is 2.55. The number of urea groups is 1. The molecule has 0 spiro atoms. The first-order chi connectivity index (χ1) is 12.1. The standard InChI is InChI=1S/C18H14ClN3O3/c19-14-6-2-1-4-13(14)11-22(18(20)24)15-7-8-16(25-17(15)23)12-5-3-9-21-10-12/h1-10H,11H2,(H2,20,24). The van der Waals surface area contributed by atoms with Crippen molar-refractivity contribution >= 4 is 23.3 Å². The molecule has 126 valence electrons. The maximum Gasteiger partial charge on any atom is 0.360 e. The number of nitrogens with zero attached hydrogens (tertiary/aromatic N) is 2. The number of pyridine rings is 1. The third-order valence-electron chi connectivity index (χ3n) is 3.59. The molecule has 3 aromatic rings. The Morgan fingerprint density at radius 2 is 1.96 bits per heavy atom. The third kappa shape index (κ3) is 3.70. The van der Waals surface area contributed by atoms with Crippen molar-refractivity contribution in [2.24, 2.45) is 5.73 Å². The molecule has 0 unspecified atom stereocenters. The molecule has 0 fully saturated rings. The van der Waals surface area contributed by atoms with E-state index in [1.807, 2.05) is 0 Å². The molecule has 0 radical (unpaired) electrons. The van der Waals surface area contributed by atoms with Gasteiger partial charge in [0.05, 0.1) is 6.54 Å². The van der Waals surface area contributed by atoms with E-state index in [-0.39, 0.29) is 12.2 Å². The van der Waals surface area contributed by atoms with Gasteiger partial charge < -0.3 is 10.2 Å². The molecular weight excluding hydrogens is 342 g/mol. The summed E-state index contributed by atoms with van der Waals surface area (Å²) in [6, 6.07) is 12.8. The number of carbonyl (C=O) groups is 1. The van der Waals surface area contributed by atoms with Gasteiger partial charge in [-0.1, -0.05) is 29.8 Å². The Balaban J connectivity index is 1.96. The fraction of sp³-hybridized carbons (Fsp3) is 0.0556. The van der Waals surface area contributed by atoms with E-state index in [9.17, 15) is 9.59 Å². The average Bonchev–Trinajstić information content (AvgIpc) is 2.62. The van der Waals surface area contributed by atoms with Gasteiger partial charge in [-0.15, -0.1) is 0 Å². The Morgan fingerprint density at radius 3 is 2.60 bits per heavy atom. The molecule has 2 heterocycles. The van der Waals surface area contributed by atoms with E-state index in [1.54, 1.807) is 54.9 Å². The Hall–Kier alpha value is -3.12. The minimum absolute atomic E-state index is 0.0417. The Bertz CT molecular complexity index is 957. The molecule has 0 saturated carbocycles. The maximum atomic E-state index is 12.4. The summed E-state index contributed by atoms with van der Waals surface area (Å²) < 4.78 is 5.32. The van der Waals surface area contributed by atoms with Crippen LogP contribution in [0.15, 0.2) is 70.1 Å². The molecule has 25 heavy (non-hydrogen) atoms. The van der Waals surface area contributed by atoms with E-state index in [4.69, 9.17) is 21.8 Å². The second kappa shape index (κ2) is 7.19. The van der Waals surface area contributed by atoms with Crippen LogP contribution in [-0.4, -0.2) is 11.0 Å². The van der Waals surface area contributed by atoms with Crippen molar-refractivity contribution in [3.05, 3.63) is 81.9 Å². The van der Waals surface area contributed by atoms with Crippen LogP contribution < -0.4 is 16.3 Å². The molecule has 6 nitrogen and oxygen atoms in total. The second-order valence-corrected chi connectivity index (χ2v) is 5.64. The Labute approximate surface area is 148 Å². The van der Waals surface area contributed by atoms with Gasteiger partial charge in [-0.25, -0.2) is 9.59 Å². The largest absolute Gasteiger partial charge is 0.421 e. The highest BCUT2D eigenvalue weighted by atomic mass is 35.5. The molecule has 2 N–H and O–H groups in total. The van der Waals surface area contributed by atoms with E-state index in [0.717, 1.165) is 4.90 Å². The molecule has 0 aliphatic rings.